The highest BCUT2D eigenvalue weighted by atomic mass is 32.1. The van der Waals surface area contributed by atoms with Crippen LogP contribution in [0.25, 0.3) is 0 Å². The molecule has 0 saturated heterocycles. The molecule has 0 aliphatic heterocycles. The van der Waals surface area contributed by atoms with Gasteiger partial charge in [0.1, 0.15) is 0 Å². The Morgan fingerprint density at radius 3 is 2.65 bits per heavy atom. The minimum atomic E-state index is -0.839. The quantitative estimate of drug-likeness (QED) is 0.722. The Kier molecular flexibility index (Phi) is 6.44. The van der Waals surface area contributed by atoms with Crippen molar-refractivity contribution in [3.63, 3.8) is 0 Å². The number of aliphatic carboxylic acids is 1. The number of aryl methyl sites for hydroxylation is 1. The summed E-state index contributed by atoms with van der Waals surface area (Å²) in [4.78, 5) is 26.6. The molecule has 1 rings (SSSR count). The van der Waals surface area contributed by atoms with Crippen LogP contribution in [0.15, 0.2) is 5.38 Å². The average Bonchev–Trinajstić information content (AvgIpc) is 2.70. The molecule has 0 aliphatic rings. The Labute approximate surface area is 122 Å². The molecule has 0 radical (unpaired) electrons. The Morgan fingerprint density at radius 1 is 1.45 bits per heavy atom. The summed E-state index contributed by atoms with van der Waals surface area (Å²) in [7, 11) is 0. The fraction of sp³-hybridized carbons (Fsp3) is 0.615. The number of nitrogens with one attached hydrogen (secondary N) is 2. The van der Waals surface area contributed by atoms with E-state index in [1.165, 1.54) is 11.3 Å². The fourth-order valence-corrected chi connectivity index (χ4v) is 2.63. The molecule has 7 heteroatoms. The van der Waals surface area contributed by atoms with Gasteiger partial charge in [-0.15, -0.1) is 11.3 Å². The molecule has 0 aliphatic carbocycles. The van der Waals surface area contributed by atoms with E-state index < -0.39 is 5.97 Å². The van der Waals surface area contributed by atoms with E-state index in [0.29, 0.717) is 17.6 Å². The Morgan fingerprint density at radius 2 is 2.15 bits per heavy atom. The van der Waals surface area contributed by atoms with Crippen LogP contribution in [0.1, 0.15) is 32.4 Å². The molecule has 0 unspecified atom stereocenters. The van der Waals surface area contributed by atoms with Gasteiger partial charge in [0.05, 0.1) is 5.69 Å². The summed E-state index contributed by atoms with van der Waals surface area (Å²) in [5.41, 5.74) is 0.855. The predicted molar refractivity (Wildman–Crippen MR) is 79.1 cm³/mol. The van der Waals surface area contributed by atoms with Gasteiger partial charge in [-0.25, -0.2) is 9.78 Å². The molecule has 112 valence electrons. The van der Waals surface area contributed by atoms with Crippen LogP contribution >= 0.6 is 11.3 Å². The molecule has 0 saturated carbocycles. The highest BCUT2D eigenvalue weighted by molar-refractivity contribution is 7.13. The first kappa shape index (κ1) is 16.4. The maximum Gasteiger partial charge on any atom is 0.321 e. The van der Waals surface area contributed by atoms with Crippen molar-refractivity contribution in [1.29, 1.82) is 0 Å². The van der Waals surface area contributed by atoms with Crippen LogP contribution in [0.5, 0.6) is 0 Å². The molecule has 1 atom stereocenters. The first-order valence-electron chi connectivity index (χ1n) is 6.55. The number of nitrogens with zero attached hydrogens (tertiary/aromatic N) is 1. The Bertz CT molecular complexity index is 459. The zero-order valence-corrected chi connectivity index (χ0v) is 12.8. The zero-order valence-electron chi connectivity index (χ0n) is 12.0. The molecule has 0 fully saturated rings. The lowest BCUT2D eigenvalue weighted by molar-refractivity contribution is -0.138. The molecule has 3 N–H and O–H groups in total. The number of carbonyl (C=O) groups is 2. The van der Waals surface area contributed by atoms with E-state index in [9.17, 15) is 9.59 Å². The lowest BCUT2D eigenvalue weighted by atomic mass is 9.94. The van der Waals surface area contributed by atoms with E-state index in [1.54, 1.807) is 0 Å². The molecule has 2 amide bonds. The Balaban J connectivity index is 2.41. The summed E-state index contributed by atoms with van der Waals surface area (Å²) in [6, 6.07) is -0.349. The summed E-state index contributed by atoms with van der Waals surface area (Å²) < 4.78 is 0. The fourth-order valence-electron chi connectivity index (χ4n) is 1.94. The van der Waals surface area contributed by atoms with E-state index in [4.69, 9.17) is 5.11 Å². The van der Waals surface area contributed by atoms with Gasteiger partial charge in [0, 0.05) is 18.3 Å². The maximum atomic E-state index is 11.7. The monoisotopic (exact) mass is 299 g/mol. The molecular formula is C13H21N3O3S. The lowest BCUT2D eigenvalue weighted by Gasteiger charge is -2.17. The van der Waals surface area contributed by atoms with Gasteiger partial charge in [-0.1, -0.05) is 13.8 Å². The number of carbonyl (C=O) groups excluding carboxylic acids is 1. The van der Waals surface area contributed by atoms with Gasteiger partial charge in [-0.2, -0.15) is 0 Å². The van der Waals surface area contributed by atoms with Crippen molar-refractivity contribution in [2.75, 3.05) is 11.9 Å². The van der Waals surface area contributed by atoms with Gasteiger partial charge in [-0.05, 0) is 25.2 Å². The van der Waals surface area contributed by atoms with Crippen LogP contribution in [-0.2, 0) is 4.79 Å². The molecule has 0 bridgehead atoms. The molecule has 0 aromatic carbocycles. The van der Waals surface area contributed by atoms with Crippen molar-refractivity contribution in [3.05, 3.63) is 11.1 Å². The van der Waals surface area contributed by atoms with Gasteiger partial charge in [0.15, 0.2) is 5.13 Å². The van der Waals surface area contributed by atoms with Crippen LogP contribution in [0, 0.1) is 18.8 Å². The highest BCUT2D eigenvalue weighted by Crippen LogP contribution is 2.16. The summed E-state index contributed by atoms with van der Waals surface area (Å²) in [6.45, 7) is 6.27. The lowest BCUT2D eigenvalue weighted by Crippen LogP contribution is -2.34. The third-order valence-electron chi connectivity index (χ3n) is 2.66. The topological polar surface area (TPSA) is 91.3 Å². The number of aromatic nitrogens is 1. The third-order valence-corrected chi connectivity index (χ3v) is 3.53. The predicted octanol–water partition coefficient (Wildman–Crippen LogP) is 2.71. The average molecular weight is 299 g/mol. The zero-order chi connectivity index (χ0) is 15.1. The second-order valence-electron chi connectivity index (χ2n) is 5.22. The number of urea groups is 1. The first-order chi connectivity index (χ1) is 9.36. The summed E-state index contributed by atoms with van der Waals surface area (Å²) in [5, 5.41) is 16.6. The van der Waals surface area contributed by atoms with Crippen molar-refractivity contribution in [2.24, 2.45) is 11.8 Å². The number of hydrogen-bond acceptors (Lipinski definition) is 4. The number of carboxylic acid groups (broad SMARTS) is 1. The van der Waals surface area contributed by atoms with Crippen LogP contribution in [0.3, 0.4) is 0 Å². The smallest absolute Gasteiger partial charge is 0.321 e. The van der Waals surface area contributed by atoms with E-state index in [1.807, 2.05) is 26.2 Å². The van der Waals surface area contributed by atoms with Gasteiger partial charge < -0.3 is 10.4 Å². The SMILES string of the molecule is Cc1csc(NC(=O)NC[C@H](CC(=O)O)CC(C)C)n1. The Hall–Kier alpha value is -1.63. The molecule has 1 aromatic rings. The molecule has 1 heterocycles. The summed E-state index contributed by atoms with van der Waals surface area (Å²) in [5.74, 6) is -0.504. The van der Waals surface area contributed by atoms with Gasteiger partial charge in [0.2, 0.25) is 0 Å². The largest absolute Gasteiger partial charge is 0.481 e. The van der Waals surface area contributed by atoms with Gasteiger partial charge in [0.25, 0.3) is 0 Å². The van der Waals surface area contributed by atoms with Crippen LogP contribution in [-0.4, -0.2) is 28.6 Å². The minimum absolute atomic E-state index is 0.0590. The maximum absolute atomic E-state index is 11.7. The molecule has 20 heavy (non-hydrogen) atoms. The van der Waals surface area contributed by atoms with Gasteiger partial charge >= 0.3 is 12.0 Å². The molecular weight excluding hydrogens is 278 g/mol. The van der Waals surface area contributed by atoms with Crippen LogP contribution in [0.2, 0.25) is 0 Å². The van der Waals surface area contributed by atoms with E-state index in [0.717, 1.165) is 12.1 Å². The number of carboxylic acids is 1. The van der Waals surface area contributed by atoms with Crippen molar-refractivity contribution < 1.29 is 14.7 Å². The third kappa shape index (κ3) is 6.51. The number of rotatable bonds is 7. The van der Waals surface area contributed by atoms with Crippen molar-refractivity contribution in [2.45, 2.75) is 33.6 Å². The van der Waals surface area contributed by atoms with Crippen LogP contribution < -0.4 is 10.6 Å². The van der Waals surface area contributed by atoms with Crippen molar-refractivity contribution in [3.8, 4) is 0 Å². The minimum Gasteiger partial charge on any atom is -0.481 e. The van der Waals surface area contributed by atoms with Crippen molar-refractivity contribution >= 4 is 28.5 Å². The van der Waals surface area contributed by atoms with E-state index in [2.05, 4.69) is 15.6 Å². The number of amides is 2. The second-order valence-corrected chi connectivity index (χ2v) is 6.08. The molecule has 6 nitrogen and oxygen atoms in total. The first-order valence-corrected chi connectivity index (χ1v) is 7.43. The van der Waals surface area contributed by atoms with E-state index in [-0.39, 0.29) is 18.4 Å². The number of anilines is 1. The number of hydrogen-bond donors (Lipinski definition) is 3. The molecule has 1 aromatic heterocycles. The summed E-state index contributed by atoms with van der Waals surface area (Å²) in [6.07, 6.45) is 0.831. The van der Waals surface area contributed by atoms with Crippen LogP contribution in [0.4, 0.5) is 9.93 Å². The highest BCUT2D eigenvalue weighted by Gasteiger charge is 2.16. The van der Waals surface area contributed by atoms with Crippen molar-refractivity contribution in [1.82, 2.24) is 10.3 Å². The number of thiazole rings is 1. The molecule has 0 spiro atoms. The van der Waals surface area contributed by atoms with E-state index >= 15 is 0 Å². The standard InChI is InChI=1S/C13H21N3O3S/c1-8(2)4-10(5-11(17)18)6-14-12(19)16-13-15-9(3)7-20-13/h7-8,10H,4-6H2,1-3H3,(H,17,18)(H2,14,15,16,19)/t10-/m0/s1. The summed E-state index contributed by atoms with van der Waals surface area (Å²) >= 11 is 1.36. The second kappa shape index (κ2) is 7.84. The normalized spacial score (nSPS) is 12.2. The van der Waals surface area contributed by atoms with Gasteiger partial charge in [-0.3, -0.25) is 10.1 Å².